The van der Waals surface area contributed by atoms with E-state index < -0.39 is 11.9 Å². The van der Waals surface area contributed by atoms with Crippen LogP contribution in [0.4, 0.5) is 5.82 Å². The van der Waals surface area contributed by atoms with Crippen molar-refractivity contribution in [3.8, 4) is 0 Å². The van der Waals surface area contributed by atoms with Crippen LogP contribution in [0.1, 0.15) is 27.3 Å². The van der Waals surface area contributed by atoms with Gasteiger partial charge < -0.3 is 25.4 Å². The molecule has 8 nitrogen and oxygen atoms in total. The monoisotopic (exact) mass is 356 g/mol. The molecule has 4 N–H and O–H groups in total. The topological polar surface area (TPSA) is 119 Å². The minimum atomic E-state index is -1.06. The van der Waals surface area contributed by atoms with E-state index in [1.165, 1.54) is 12.1 Å². The molecule has 8 heteroatoms. The van der Waals surface area contributed by atoms with Crippen LogP contribution < -0.4 is 5.32 Å². The number of aromatic amines is 1. The van der Waals surface area contributed by atoms with Crippen molar-refractivity contribution in [2.75, 3.05) is 32.5 Å². The van der Waals surface area contributed by atoms with Gasteiger partial charge in [-0.3, -0.25) is 0 Å². The number of aromatic carboxylic acids is 2. The highest BCUT2D eigenvalue weighted by Crippen LogP contribution is 2.30. The van der Waals surface area contributed by atoms with Crippen molar-refractivity contribution in [2.45, 2.75) is 6.42 Å². The van der Waals surface area contributed by atoms with Gasteiger partial charge in [0.25, 0.3) is 0 Å². The Morgan fingerprint density at radius 2 is 1.92 bits per heavy atom. The molecule has 0 aliphatic carbocycles. The quantitative estimate of drug-likeness (QED) is 0.480. The van der Waals surface area contributed by atoms with Crippen LogP contribution in [0.2, 0.25) is 0 Å². The molecule has 0 unspecified atom stereocenters. The van der Waals surface area contributed by atoms with Gasteiger partial charge >= 0.3 is 11.9 Å². The summed E-state index contributed by atoms with van der Waals surface area (Å²) in [6.45, 7) is 1.57. The molecule has 3 rings (SSSR count). The first-order valence-corrected chi connectivity index (χ1v) is 8.18. The molecule has 0 saturated heterocycles. The predicted molar refractivity (Wildman–Crippen MR) is 99.2 cm³/mol. The van der Waals surface area contributed by atoms with Gasteiger partial charge in [0.05, 0.1) is 16.6 Å². The largest absolute Gasteiger partial charge is 0.478 e. The SMILES string of the molecule is CN(C)CCCNc1nc2cc(C(=O)O)ccc2c2[nH]c(C(=O)O)cc12. The third-order valence-electron chi connectivity index (χ3n) is 4.12. The minimum Gasteiger partial charge on any atom is -0.478 e. The summed E-state index contributed by atoms with van der Waals surface area (Å²) < 4.78 is 0. The second-order valence-corrected chi connectivity index (χ2v) is 6.36. The number of carbonyl (C=O) groups is 2. The summed E-state index contributed by atoms with van der Waals surface area (Å²) in [5.41, 5.74) is 1.31. The first-order chi connectivity index (χ1) is 12.4. The number of hydrogen-bond acceptors (Lipinski definition) is 5. The second kappa shape index (κ2) is 7.01. The summed E-state index contributed by atoms with van der Waals surface area (Å²) in [6, 6.07) is 6.16. The smallest absolute Gasteiger partial charge is 0.352 e. The van der Waals surface area contributed by atoms with Crippen molar-refractivity contribution < 1.29 is 19.8 Å². The van der Waals surface area contributed by atoms with E-state index in [0.717, 1.165) is 13.0 Å². The number of aromatic nitrogens is 2. The average Bonchev–Trinajstić information content (AvgIpc) is 3.03. The van der Waals surface area contributed by atoms with Gasteiger partial charge in [-0.25, -0.2) is 14.6 Å². The Bertz CT molecular complexity index is 994. The van der Waals surface area contributed by atoms with Gasteiger partial charge in [0.1, 0.15) is 11.5 Å². The number of fused-ring (bicyclic) bond motifs is 3. The van der Waals surface area contributed by atoms with Crippen molar-refractivity contribution in [2.24, 2.45) is 0 Å². The van der Waals surface area contributed by atoms with Crippen LogP contribution >= 0.6 is 0 Å². The number of carboxylic acids is 2. The normalized spacial score (nSPS) is 11.3. The molecule has 2 aromatic heterocycles. The lowest BCUT2D eigenvalue weighted by atomic mass is 10.1. The van der Waals surface area contributed by atoms with Gasteiger partial charge in [-0.1, -0.05) is 0 Å². The fraction of sp³-hybridized carbons (Fsp3) is 0.278. The molecule has 0 spiro atoms. The molecule has 2 heterocycles. The van der Waals surface area contributed by atoms with Gasteiger partial charge in [0.2, 0.25) is 0 Å². The number of nitrogens with zero attached hydrogens (tertiary/aromatic N) is 2. The van der Waals surface area contributed by atoms with Crippen LogP contribution in [-0.4, -0.2) is 64.2 Å². The molecule has 0 atom stereocenters. The van der Waals surface area contributed by atoms with Crippen LogP contribution in [0, 0.1) is 0 Å². The summed E-state index contributed by atoms with van der Waals surface area (Å²) in [4.78, 5) is 32.1. The number of hydrogen-bond donors (Lipinski definition) is 4. The number of pyridine rings is 1. The van der Waals surface area contributed by atoms with Crippen molar-refractivity contribution in [1.29, 1.82) is 0 Å². The number of nitrogens with one attached hydrogen (secondary N) is 2. The summed E-state index contributed by atoms with van der Waals surface area (Å²) >= 11 is 0. The minimum absolute atomic E-state index is 0.0629. The van der Waals surface area contributed by atoms with Gasteiger partial charge in [0, 0.05) is 17.3 Å². The molecule has 136 valence electrons. The number of H-pyrrole nitrogens is 1. The number of benzene rings is 1. The third kappa shape index (κ3) is 3.45. The van der Waals surface area contributed by atoms with Crippen molar-refractivity contribution >= 4 is 39.6 Å². The lowest BCUT2D eigenvalue weighted by Gasteiger charge is -2.12. The van der Waals surface area contributed by atoms with Crippen molar-refractivity contribution in [1.82, 2.24) is 14.9 Å². The molecule has 1 aromatic carbocycles. The van der Waals surface area contributed by atoms with Gasteiger partial charge in [-0.15, -0.1) is 0 Å². The molecule has 0 aliphatic rings. The van der Waals surface area contributed by atoms with E-state index in [2.05, 4.69) is 20.2 Å². The Morgan fingerprint density at radius 3 is 2.58 bits per heavy atom. The highest BCUT2D eigenvalue weighted by Gasteiger charge is 2.16. The Morgan fingerprint density at radius 1 is 1.15 bits per heavy atom. The van der Waals surface area contributed by atoms with Crippen LogP contribution in [0.25, 0.3) is 21.8 Å². The Hall–Kier alpha value is -3.13. The standard InChI is InChI=1S/C18H20N4O4/c1-22(2)7-3-6-19-16-12-9-14(18(25)26)20-15(12)11-5-4-10(17(23)24)8-13(11)21-16/h4-5,8-9,20H,3,6-7H2,1-2H3,(H,19,21)(H,23,24)(H,25,26). The van der Waals surface area contributed by atoms with E-state index >= 15 is 0 Å². The van der Waals surface area contributed by atoms with E-state index in [0.29, 0.717) is 34.2 Å². The van der Waals surface area contributed by atoms with E-state index in [1.54, 1.807) is 12.1 Å². The first-order valence-electron chi connectivity index (χ1n) is 8.18. The number of rotatable bonds is 7. The molecule has 0 bridgehead atoms. The molecule has 26 heavy (non-hydrogen) atoms. The number of anilines is 1. The van der Waals surface area contributed by atoms with Crippen LogP contribution in [0.5, 0.6) is 0 Å². The zero-order chi connectivity index (χ0) is 18.8. The first kappa shape index (κ1) is 17.7. The third-order valence-corrected chi connectivity index (χ3v) is 4.12. The fourth-order valence-electron chi connectivity index (χ4n) is 2.86. The Kier molecular flexibility index (Phi) is 4.77. The maximum Gasteiger partial charge on any atom is 0.352 e. The van der Waals surface area contributed by atoms with E-state index in [-0.39, 0.29) is 11.3 Å². The van der Waals surface area contributed by atoms with Crippen molar-refractivity contribution in [3.63, 3.8) is 0 Å². The zero-order valence-corrected chi connectivity index (χ0v) is 14.5. The van der Waals surface area contributed by atoms with Crippen LogP contribution in [-0.2, 0) is 0 Å². The van der Waals surface area contributed by atoms with Crippen LogP contribution in [0.15, 0.2) is 24.3 Å². The predicted octanol–water partition coefficient (Wildman–Crippen LogP) is 2.48. The summed E-state index contributed by atoms with van der Waals surface area (Å²) in [6.07, 6.45) is 0.888. The van der Waals surface area contributed by atoms with E-state index in [4.69, 9.17) is 0 Å². The molecular formula is C18H20N4O4. The van der Waals surface area contributed by atoms with Gasteiger partial charge in [-0.2, -0.15) is 0 Å². The lowest BCUT2D eigenvalue weighted by Crippen LogP contribution is -2.16. The number of carboxylic acid groups (broad SMARTS) is 2. The summed E-state index contributed by atoms with van der Waals surface area (Å²) in [5, 5.41) is 23.1. The zero-order valence-electron chi connectivity index (χ0n) is 14.5. The fourth-order valence-corrected chi connectivity index (χ4v) is 2.86. The average molecular weight is 356 g/mol. The molecule has 0 amide bonds. The molecule has 0 fully saturated rings. The molecular weight excluding hydrogens is 336 g/mol. The molecule has 0 radical (unpaired) electrons. The second-order valence-electron chi connectivity index (χ2n) is 6.36. The highest BCUT2D eigenvalue weighted by atomic mass is 16.4. The molecule has 3 aromatic rings. The van der Waals surface area contributed by atoms with Gasteiger partial charge in [0.15, 0.2) is 0 Å². The van der Waals surface area contributed by atoms with E-state index in [1.807, 2.05) is 14.1 Å². The Balaban J connectivity index is 2.09. The lowest BCUT2D eigenvalue weighted by molar-refractivity contribution is 0.0683. The summed E-state index contributed by atoms with van der Waals surface area (Å²) in [5.74, 6) is -1.56. The molecule has 0 aliphatic heterocycles. The van der Waals surface area contributed by atoms with Crippen molar-refractivity contribution in [3.05, 3.63) is 35.5 Å². The molecule has 0 saturated carbocycles. The summed E-state index contributed by atoms with van der Waals surface area (Å²) in [7, 11) is 3.98. The van der Waals surface area contributed by atoms with Gasteiger partial charge in [-0.05, 0) is 51.3 Å². The maximum atomic E-state index is 11.3. The maximum absolute atomic E-state index is 11.3. The highest BCUT2D eigenvalue weighted by molar-refractivity contribution is 6.11. The van der Waals surface area contributed by atoms with Crippen LogP contribution in [0.3, 0.4) is 0 Å². The Labute approximate surface area is 149 Å². The van der Waals surface area contributed by atoms with E-state index in [9.17, 15) is 19.8 Å².